The summed E-state index contributed by atoms with van der Waals surface area (Å²) in [5.41, 5.74) is 6.59. The maximum absolute atomic E-state index is 12.5. The van der Waals surface area contributed by atoms with Crippen LogP contribution in [0.25, 0.3) is 0 Å². The van der Waals surface area contributed by atoms with E-state index in [0.29, 0.717) is 11.3 Å². The zero-order chi connectivity index (χ0) is 14.3. The van der Waals surface area contributed by atoms with Crippen molar-refractivity contribution < 1.29 is 4.79 Å². The Balaban J connectivity index is 1.95. The lowest BCUT2D eigenvalue weighted by Gasteiger charge is -2.46. The highest BCUT2D eigenvalue weighted by Gasteiger charge is 2.46. The van der Waals surface area contributed by atoms with E-state index in [9.17, 15) is 4.79 Å². The molecule has 2 rings (SSSR count). The van der Waals surface area contributed by atoms with E-state index in [-0.39, 0.29) is 23.3 Å². The van der Waals surface area contributed by atoms with Crippen LogP contribution >= 0.6 is 0 Å². The monoisotopic (exact) mass is 266 g/mol. The Labute approximate surface area is 117 Å². The molecule has 3 N–H and O–H groups in total. The van der Waals surface area contributed by atoms with Gasteiger partial charge >= 0.3 is 0 Å². The van der Waals surface area contributed by atoms with Gasteiger partial charge in [-0.25, -0.2) is 0 Å². The smallest absolute Gasteiger partial charge is 0.223 e. The molecule has 19 heavy (non-hydrogen) atoms. The maximum Gasteiger partial charge on any atom is 0.223 e. The average Bonchev–Trinajstić information content (AvgIpc) is 3.14. The molecule has 3 nitrogen and oxygen atoms in total. The molecule has 3 heteroatoms. The van der Waals surface area contributed by atoms with E-state index < -0.39 is 0 Å². The second-order valence-corrected chi connectivity index (χ2v) is 7.48. The van der Waals surface area contributed by atoms with Crippen LogP contribution in [-0.4, -0.2) is 18.5 Å². The largest absolute Gasteiger partial charge is 0.355 e. The van der Waals surface area contributed by atoms with Crippen LogP contribution in [0.15, 0.2) is 0 Å². The van der Waals surface area contributed by atoms with Gasteiger partial charge in [0.2, 0.25) is 5.91 Å². The molecule has 0 aromatic carbocycles. The molecule has 2 aliphatic carbocycles. The van der Waals surface area contributed by atoms with Gasteiger partial charge in [0.1, 0.15) is 0 Å². The lowest BCUT2D eigenvalue weighted by Crippen LogP contribution is -2.52. The van der Waals surface area contributed by atoms with Crippen LogP contribution in [-0.2, 0) is 4.79 Å². The molecule has 0 bridgehead atoms. The molecule has 0 aromatic rings. The minimum absolute atomic E-state index is 0.00464. The summed E-state index contributed by atoms with van der Waals surface area (Å²) in [5.74, 6) is 0.775. The van der Waals surface area contributed by atoms with Gasteiger partial charge < -0.3 is 11.1 Å². The van der Waals surface area contributed by atoms with Gasteiger partial charge in [-0.15, -0.1) is 0 Å². The van der Waals surface area contributed by atoms with Crippen molar-refractivity contribution in [3.8, 4) is 0 Å². The Morgan fingerprint density at radius 3 is 2.47 bits per heavy atom. The third kappa shape index (κ3) is 2.81. The van der Waals surface area contributed by atoms with Gasteiger partial charge in [-0.2, -0.15) is 0 Å². The topological polar surface area (TPSA) is 55.1 Å². The molecule has 0 spiro atoms. The summed E-state index contributed by atoms with van der Waals surface area (Å²) in [6, 6.07) is 0.240. The lowest BCUT2D eigenvalue weighted by molar-refractivity contribution is -0.132. The summed E-state index contributed by atoms with van der Waals surface area (Å²) < 4.78 is 0. The van der Waals surface area contributed by atoms with E-state index in [2.05, 4.69) is 33.0 Å². The average molecular weight is 266 g/mol. The van der Waals surface area contributed by atoms with E-state index >= 15 is 0 Å². The summed E-state index contributed by atoms with van der Waals surface area (Å²) in [6.07, 6.45) is 5.64. The molecule has 2 aliphatic rings. The van der Waals surface area contributed by atoms with Crippen molar-refractivity contribution in [1.29, 1.82) is 0 Å². The van der Waals surface area contributed by atoms with Crippen molar-refractivity contribution in [2.24, 2.45) is 28.4 Å². The Morgan fingerprint density at radius 2 is 1.95 bits per heavy atom. The summed E-state index contributed by atoms with van der Waals surface area (Å²) in [4.78, 5) is 12.5. The molecular formula is C16H30N2O. The normalized spacial score (nSPS) is 35.7. The molecule has 3 unspecified atom stereocenters. The fourth-order valence-corrected chi connectivity index (χ4v) is 3.55. The molecule has 3 atom stereocenters. The molecule has 0 heterocycles. The summed E-state index contributed by atoms with van der Waals surface area (Å²) in [7, 11) is 0. The number of nitrogens with two attached hydrogens (primary N) is 1. The van der Waals surface area contributed by atoms with Gasteiger partial charge in [-0.1, -0.05) is 27.7 Å². The predicted octanol–water partition coefficient (Wildman–Crippen LogP) is 2.69. The molecule has 1 amide bonds. The molecule has 0 aromatic heterocycles. The number of carbonyl (C=O) groups is 1. The third-order valence-corrected chi connectivity index (χ3v) is 6.16. The highest BCUT2D eigenvalue weighted by molar-refractivity contribution is 5.79. The number of carbonyl (C=O) groups excluding carboxylic acids is 1. The van der Waals surface area contributed by atoms with Crippen molar-refractivity contribution in [2.45, 2.75) is 65.8 Å². The first-order valence-electron chi connectivity index (χ1n) is 7.86. The first kappa shape index (κ1) is 14.8. The first-order chi connectivity index (χ1) is 8.82. The number of nitrogens with one attached hydrogen (secondary N) is 1. The molecule has 2 fully saturated rings. The Bertz CT molecular complexity index is 347. The minimum atomic E-state index is 0.00464. The van der Waals surface area contributed by atoms with E-state index in [1.54, 1.807) is 0 Å². The van der Waals surface area contributed by atoms with Crippen LogP contribution in [0, 0.1) is 22.7 Å². The zero-order valence-corrected chi connectivity index (χ0v) is 13.0. The van der Waals surface area contributed by atoms with E-state index in [0.717, 1.165) is 19.4 Å². The minimum Gasteiger partial charge on any atom is -0.355 e. The van der Waals surface area contributed by atoms with E-state index in [4.69, 9.17) is 5.73 Å². The highest BCUT2D eigenvalue weighted by atomic mass is 16.1. The zero-order valence-electron chi connectivity index (χ0n) is 13.0. The van der Waals surface area contributed by atoms with Crippen molar-refractivity contribution in [1.82, 2.24) is 5.32 Å². The standard InChI is InChI=1S/C16H30N2O/c1-5-16(8-9-16)10-18-14(19)12-6-7-13(17)11(2)15(12,3)4/h11-13H,5-10,17H2,1-4H3,(H,18,19). The van der Waals surface area contributed by atoms with Gasteiger partial charge in [0, 0.05) is 18.5 Å². The second-order valence-electron chi connectivity index (χ2n) is 7.48. The lowest BCUT2D eigenvalue weighted by atomic mass is 9.61. The molecule has 0 aliphatic heterocycles. The van der Waals surface area contributed by atoms with Crippen molar-refractivity contribution in [3.05, 3.63) is 0 Å². The van der Waals surface area contributed by atoms with Crippen LogP contribution in [0.1, 0.15) is 59.8 Å². The van der Waals surface area contributed by atoms with Crippen LogP contribution in [0.4, 0.5) is 0 Å². The molecular weight excluding hydrogens is 236 g/mol. The Kier molecular flexibility index (Phi) is 3.97. The van der Waals surface area contributed by atoms with Gasteiger partial charge in [-0.05, 0) is 48.9 Å². The Morgan fingerprint density at radius 1 is 1.32 bits per heavy atom. The molecule has 0 saturated heterocycles. The molecule has 110 valence electrons. The first-order valence-corrected chi connectivity index (χ1v) is 7.86. The number of rotatable bonds is 4. The van der Waals surface area contributed by atoms with Crippen LogP contribution < -0.4 is 11.1 Å². The second kappa shape index (κ2) is 5.08. The summed E-state index contributed by atoms with van der Waals surface area (Å²) in [6.45, 7) is 9.69. The molecule has 0 radical (unpaired) electrons. The summed E-state index contributed by atoms with van der Waals surface area (Å²) >= 11 is 0. The van der Waals surface area contributed by atoms with E-state index in [1.807, 2.05) is 0 Å². The van der Waals surface area contributed by atoms with Crippen molar-refractivity contribution in [3.63, 3.8) is 0 Å². The fraction of sp³-hybridized carbons (Fsp3) is 0.938. The van der Waals surface area contributed by atoms with E-state index in [1.165, 1.54) is 19.3 Å². The predicted molar refractivity (Wildman–Crippen MR) is 78.6 cm³/mol. The van der Waals surface area contributed by atoms with Gasteiger partial charge in [-0.3, -0.25) is 4.79 Å². The van der Waals surface area contributed by atoms with Crippen molar-refractivity contribution in [2.75, 3.05) is 6.54 Å². The maximum atomic E-state index is 12.5. The number of amides is 1. The highest BCUT2D eigenvalue weighted by Crippen LogP contribution is 2.48. The Hall–Kier alpha value is -0.570. The fourth-order valence-electron chi connectivity index (χ4n) is 3.55. The summed E-state index contributed by atoms with van der Waals surface area (Å²) in [5, 5.41) is 3.22. The third-order valence-electron chi connectivity index (χ3n) is 6.16. The quantitative estimate of drug-likeness (QED) is 0.822. The van der Waals surface area contributed by atoms with Gasteiger partial charge in [0.25, 0.3) is 0 Å². The molecule has 2 saturated carbocycles. The van der Waals surface area contributed by atoms with Gasteiger partial charge in [0.15, 0.2) is 0 Å². The van der Waals surface area contributed by atoms with Crippen LogP contribution in [0.2, 0.25) is 0 Å². The number of hydrogen-bond acceptors (Lipinski definition) is 2. The SMILES string of the molecule is CCC1(CNC(=O)C2CCC(N)C(C)C2(C)C)CC1. The van der Waals surface area contributed by atoms with Crippen LogP contribution in [0.3, 0.4) is 0 Å². The van der Waals surface area contributed by atoms with Crippen LogP contribution in [0.5, 0.6) is 0 Å². The number of hydrogen-bond donors (Lipinski definition) is 2. The van der Waals surface area contributed by atoms with Crippen molar-refractivity contribution >= 4 is 5.91 Å². The van der Waals surface area contributed by atoms with Gasteiger partial charge in [0.05, 0.1) is 0 Å².